The first-order valence-corrected chi connectivity index (χ1v) is 8.50. The number of hydrogen-bond acceptors (Lipinski definition) is 4. The van der Waals surface area contributed by atoms with Crippen LogP contribution in [-0.2, 0) is 4.74 Å². The standard InChI is InChI=1S/C18H26N4O2/c1-11(2)22-16-14(8-19-22)7-15(13(4)20-16)17(23)21-9-12(3)24-18(5,6)10-21/h7-8,11-12H,9-10H2,1-6H3/t12-/m0/s1. The van der Waals surface area contributed by atoms with Crippen LogP contribution >= 0.6 is 0 Å². The molecule has 0 unspecified atom stereocenters. The van der Waals surface area contributed by atoms with Gasteiger partial charge < -0.3 is 9.64 Å². The lowest BCUT2D eigenvalue weighted by Crippen LogP contribution is -2.53. The molecular weight excluding hydrogens is 304 g/mol. The van der Waals surface area contributed by atoms with Crippen LogP contribution in [0, 0.1) is 6.92 Å². The fourth-order valence-electron chi connectivity index (χ4n) is 3.44. The molecule has 3 heterocycles. The number of aryl methyl sites for hydroxylation is 1. The Bertz CT molecular complexity index is 779. The number of morpholine rings is 1. The average molecular weight is 330 g/mol. The molecule has 0 bridgehead atoms. The molecule has 1 fully saturated rings. The maximum Gasteiger partial charge on any atom is 0.255 e. The van der Waals surface area contributed by atoms with Crippen molar-refractivity contribution >= 4 is 16.9 Å². The van der Waals surface area contributed by atoms with Crippen LogP contribution < -0.4 is 0 Å². The third-order valence-electron chi connectivity index (χ3n) is 4.34. The minimum absolute atomic E-state index is 0.0161. The van der Waals surface area contributed by atoms with Crippen LogP contribution in [0.25, 0.3) is 11.0 Å². The topological polar surface area (TPSA) is 60.2 Å². The minimum Gasteiger partial charge on any atom is -0.369 e. The number of aromatic nitrogens is 3. The maximum atomic E-state index is 13.0. The number of carbonyl (C=O) groups is 1. The molecule has 1 amide bonds. The number of amides is 1. The van der Waals surface area contributed by atoms with Crippen LogP contribution in [0.15, 0.2) is 12.3 Å². The third kappa shape index (κ3) is 3.02. The van der Waals surface area contributed by atoms with Gasteiger partial charge in [-0.05, 0) is 47.6 Å². The second kappa shape index (κ2) is 5.84. The van der Waals surface area contributed by atoms with Crippen LogP contribution in [0.2, 0.25) is 0 Å². The van der Waals surface area contributed by atoms with Gasteiger partial charge in [-0.1, -0.05) is 0 Å². The number of carbonyl (C=O) groups excluding carboxylic acids is 1. The quantitative estimate of drug-likeness (QED) is 0.849. The molecule has 2 aromatic rings. The van der Waals surface area contributed by atoms with Crippen molar-refractivity contribution in [3.63, 3.8) is 0 Å². The molecule has 2 aromatic heterocycles. The van der Waals surface area contributed by atoms with Gasteiger partial charge in [-0.3, -0.25) is 4.79 Å². The summed E-state index contributed by atoms with van der Waals surface area (Å²) in [5.74, 6) is 0.0161. The summed E-state index contributed by atoms with van der Waals surface area (Å²) in [6.45, 7) is 13.2. The van der Waals surface area contributed by atoms with E-state index in [2.05, 4.69) is 23.9 Å². The fraction of sp³-hybridized carbons (Fsp3) is 0.611. The number of fused-ring (bicyclic) bond motifs is 1. The fourth-order valence-corrected chi connectivity index (χ4v) is 3.44. The first-order valence-electron chi connectivity index (χ1n) is 8.50. The predicted molar refractivity (Wildman–Crippen MR) is 93.2 cm³/mol. The Balaban J connectivity index is 1.97. The number of ether oxygens (including phenoxy) is 1. The van der Waals surface area contributed by atoms with E-state index in [-0.39, 0.29) is 23.7 Å². The lowest BCUT2D eigenvalue weighted by atomic mass is 10.0. The summed E-state index contributed by atoms with van der Waals surface area (Å²) in [5.41, 5.74) is 1.89. The Morgan fingerprint density at radius 3 is 2.75 bits per heavy atom. The zero-order chi connectivity index (χ0) is 17.6. The SMILES string of the molecule is Cc1nc2c(cnn2C(C)C)cc1C(=O)N1C[C@H](C)OC(C)(C)C1. The smallest absolute Gasteiger partial charge is 0.255 e. The molecule has 0 spiro atoms. The third-order valence-corrected chi connectivity index (χ3v) is 4.34. The number of hydrogen-bond donors (Lipinski definition) is 0. The van der Waals surface area contributed by atoms with Crippen molar-refractivity contribution in [2.75, 3.05) is 13.1 Å². The molecule has 130 valence electrons. The molecule has 6 nitrogen and oxygen atoms in total. The Labute approximate surface area is 142 Å². The van der Waals surface area contributed by atoms with Gasteiger partial charge in [-0.25, -0.2) is 9.67 Å². The molecule has 0 N–H and O–H groups in total. The van der Waals surface area contributed by atoms with Gasteiger partial charge in [0.25, 0.3) is 5.91 Å². The number of rotatable bonds is 2. The molecule has 0 aliphatic carbocycles. The summed E-state index contributed by atoms with van der Waals surface area (Å²) in [6.07, 6.45) is 1.81. The van der Waals surface area contributed by atoms with Crippen molar-refractivity contribution in [3.8, 4) is 0 Å². The summed E-state index contributed by atoms with van der Waals surface area (Å²) in [7, 11) is 0. The van der Waals surface area contributed by atoms with E-state index < -0.39 is 0 Å². The molecule has 6 heteroatoms. The lowest BCUT2D eigenvalue weighted by molar-refractivity contribution is -0.118. The zero-order valence-electron chi connectivity index (χ0n) is 15.3. The van der Waals surface area contributed by atoms with Crippen LogP contribution in [0.4, 0.5) is 0 Å². The van der Waals surface area contributed by atoms with Crippen molar-refractivity contribution in [2.45, 2.75) is 59.3 Å². The minimum atomic E-state index is -0.332. The molecule has 1 aliphatic heterocycles. The van der Waals surface area contributed by atoms with Gasteiger partial charge in [0, 0.05) is 24.5 Å². The maximum absolute atomic E-state index is 13.0. The molecule has 3 rings (SSSR count). The first kappa shape index (κ1) is 16.9. The van der Waals surface area contributed by atoms with E-state index in [1.807, 2.05) is 43.3 Å². The Morgan fingerprint density at radius 1 is 1.42 bits per heavy atom. The predicted octanol–water partition coefficient (Wildman–Crippen LogP) is 2.96. The van der Waals surface area contributed by atoms with Crippen LogP contribution in [0.3, 0.4) is 0 Å². The first-order chi connectivity index (χ1) is 11.2. The molecule has 24 heavy (non-hydrogen) atoms. The second-order valence-electron chi connectivity index (χ2n) is 7.59. The van der Waals surface area contributed by atoms with Crippen LogP contribution in [0.1, 0.15) is 56.7 Å². The van der Waals surface area contributed by atoms with E-state index in [0.717, 1.165) is 16.7 Å². The van der Waals surface area contributed by atoms with Crippen molar-refractivity contribution < 1.29 is 9.53 Å². The summed E-state index contributed by atoms with van der Waals surface area (Å²) in [6, 6.07) is 2.15. The van der Waals surface area contributed by atoms with E-state index in [1.165, 1.54) is 0 Å². The lowest BCUT2D eigenvalue weighted by Gasteiger charge is -2.41. The van der Waals surface area contributed by atoms with Gasteiger partial charge in [0.05, 0.1) is 29.2 Å². The molecule has 1 saturated heterocycles. The highest BCUT2D eigenvalue weighted by Crippen LogP contribution is 2.25. The van der Waals surface area contributed by atoms with Crippen molar-refractivity contribution in [2.24, 2.45) is 0 Å². The van der Waals surface area contributed by atoms with Gasteiger partial charge in [0.1, 0.15) is 0 Å². The normalized spacial score (nSPS) is 20.8. The molecule has 0 saturated carbocycles. The van der Waals surface area contributed by atoms with Gasteiger partial charge >= 0.3 is 0 Å². The Morgan fingerprint density at radius 2 is 2.12 bits per heavy atom. The molecule has 1 atom stereocenters. The van der Waals surface area contributed by atoms with E-state index in [9.17, 15) is 4.79 Å². The van der Waals surface area contributed by atoms with E-state index in [1.54, 1.807) is 6.20 Å². The average Bonchev–Trinajstić information content (AvgIpc) is 2.86. The summed E-state index contributed by atoms with van der Waals surface area (Å²) in [5, 5.41) is 5.29. The zero-order valence-corrected chi connectivity index (χ0v) is 15.3. The molecule has 1 aliphatic rings. The van der Waals surface area contributed by atoms with E-state index in [4.69, 9.17) is 4.74 Å². The largest absolute Gasteiger partial charge is 0.369 e. The molecular formula is C18H26N4O2. The van der Waals surface area contributed by atoms with E-state index >= 15 is 0 Å². The van der Waals surface area contributed by atoms with Crippen LogP contribution in [-0.4, -0.2) is 50.4 Å². The van der Waals surface area contributed by atoms with Crippen molar-refractivity contribution in [1.82, 2.24) is 19.7 Å². The van der Waals surface area contributed by atoms with Crippen LogP contribution in [0.5, 0.6) is 0 Å². The highest BCUT2D eigenvalue weighted by Gasteiger charge is 2.34. The van der Waals surface area contributed by atoms with Crippen molar-refractivity contribution in [3.05, 3.63) is 23.5 Å². The number of nitrogens with zero attached hydrogens (tertiary/aromatic N) is 4. The second-order valence-corrected chi connectivity index (χ2v) is 7.59. The Kier molecular flexibility index (Phi) is 4.11. The highest BCUT2D eigenvalue weighted by molar-refractivity contribution is 5.98. The van der Waals surface area contributed by atoms with Gasteiger partial charge in [0.2, 0.25) is 0 Å². The highest BCUT2D eigenvalue weighted by atomic mass is 16.5. The monoisotopic (exact) mass is 330 g/mol. The van der Waals surface area contributed by atoms with Gasteiger partial charge in [-0.15, -0.1) is 0 Å². The summed E-state index contributed by atoms with van der Waals surface area (Å²) in [4.78, 5) is 19.6. The van der Waals surface area contributed by atoms with Crippen molar-refractivity contribution in [1.29, 1.82) is 0 Å². The van der Waals surface area contributed by atoms with Gasteiger partial charge in [-0.2, -0.15) is 5.10 Å². The summed E-state index contributed by atoms with van der Waals surface area (Å²) >= 11 is 0. The summed E-state index contributed by atoms with van der Waals surface area (Å²) < 4.78 is 7.78. The number of pyridine rings is 1. The Hall–Kier alpha value is -1.95. The molecule has 0 radical (unpaired) electrons. The molecule has 0 aromatic carbocycles. The van der Waals surface area contributed by atoms with E-state index in [0.29, 0.717) is 18.7 Å². The van der Waals surface area contributed by atoms with Gasteiger partial charge in [0.15, 0.2) is 5.65 Å².